The summed E-state index contributed by atoms with van der Waals surface area (Å²) in [5.41, 5.74) is 6.47. The molecule has 0 unspecified atom stereocenters. The first-order valence-corrected chi connectivity index (χ1v) is 7.14. The van der Waals surface area contributed by atoms with E-state index in [2.05, 4.69) is 16.7 Å². The van der Waals surface area contributed by atoms with Gasteiger partial charge in [-0.3, -0.25) is 4.79 Å². The van der Waals surface area contributed by atoms with Gasteiger partial charge >= 0.3 is 0 Å². The number of para-hydroxylation sites is 1. The van der Waals surface area contributed by atoms with Crippen molar-refractivity contribution < 1.29 is 4.79 Å². The van der Waals surface area contributed by atoms with E-state index in [1.165, 1.54) is 5.56 Å². The van der Waals surface area contributed by atoms with E-state index in [1.54, 1.807) is 0 Å². The molecule has 21 heavy (non-hydrogen) atoms. The van der Waals surface area contributed by atoms with Crippen molar-refractivity contribution in [2.75, 3.05) is 17.2 Å². The van der Waals surface area contributed by atoms with Gasteiger partial charge in [-0.1, -0.05) is 35.9 Å². The van der Waals surface area contributed by atoms with Crippen molar-refractivity contribution in [3.05, 3.63) is 58.7 Å². The maximum absolute atomic E-state index is 12.1. The number of carbonyl (C=O) groups is 1. The number of carbonyl (C=O) groups excluding carboxylic acids is 1. The summed E-state index contributed by atoms with van der Waals surface area (Å²) in [6.45, 7) is 8.39. The zero-order valence-corrected chi connectivity index (χ0v) is 13.1. The molecule has 2 rings (SSSR count). The van der Waals surface area contributed by atoms with Crippen molar-refractivity contribution in [2.45, 2.75) is 27.7 Å². The summed E-state index contributed by atoms with van der Waals surface area (Å²) in [4.78, 5) is 12.1. The van der Waals surface area contributed by atoms with Crippen LogP contribution in [0.3, 0.4) is 0 Å². The molecule has 0 fully saturated rings. The standard InChI is InChI=1S/C18H22N2O/c1-12-8-9-16(15(4)10-12)20-17(21)11-19-18-13(2)6-5-7-14(18)3/h5-10,19H,11H2,1-4H3,(H,20,21). The van der Waals surface area contributed by atoms with Crippen molar-refractivity contribution in [1.82, 2.24) is 0 Å². The van der Waals surface area contributed by atoms with Gasteiger partial charge in [-0.25, -0.2) is 0 Å². The highest BCUT2D eigenvalue weighted by molar-refractivity contribution is 5.94. The zero-order valence-electron chi connectivity index (χ0n) is 13.1. The lowest BCUT2D eigenvalue weighted by Gasteiger charge is -2.13. The molecule has 0 heterocycles. The molecule has 3 heteroatoms. The Morgan fingerprint density at radius 1 is 0.952 bits per heavy atom. The van der Waals surface area contributed by atoms with Crippen LogP contribution in [-0.4, -0.2) is 12.5 Å². The fourth-order valence-corrected chi connectivity index (χ4v) is 2.41. The van der Waals surface area contributed by atoms with Crippen molar-refractivity contribution in [2.24, 2.45) is 0 Å². The van der Waals surface area contributed by atoms with Crippen molar-refractivity contribution >= 4 is 17.3 Å². The average Bonchev–Trinajstić information content (AvgIpc) is 2.41. The highest BCUT2D eigenvalue weighted by Gasteiger charge is 2.07. The van der Waals surface area contributed by atoms with E-state index in [0.717, 1.165) is 28.1 Å². The molecule has 0 bridgehead atoms. The zero-order chi connectivity index (χ0) is 15.4. The fourth-order valence-electron chi connectivity index (χ4n) is 2.41. The lowest BCUT2D eigenvalue weighted by molar-refractivity contribution is -0.114. The number of benzene rings is 2. The van der Waals surface area contributed by atoms with Gasteiger partial charge in [0.15, 0.2) is 0 Å². The Morgan fingerprint density at radius 2 is 1.62 bits per heavy atom. The molecule has 1 amide bonds. The molecule has 0 spiro atoms. The van der Waals surface area contributed by atoms with Crippen LogP contribution in [0, 0.1) is 27.7 Å². The second-order valence-corrected chi connectivity index (χ2v) is 5.49. The van der Waals surface area contributed by atoms with Crippen LogP contribution < -0.4 is 10.6 Å². The van der Waals surface area contributed by atoms with Crippen molar-refractivity contribution in [3.63, 3.8) is 0 Å². The van der Waals surface area contributed by atoms with Crippen LogP contribution >= 0.6 is 0 Å². The van der Waals surface area contributed by atoms with E-state index in [-0.39, 0.29) is 12.5 Å². The predicted molar refractivity (Wildman–Crippen MR) is 89.0 cm³/mol. The molecule has 2 N–H and O–H groups in total. The molecule has 0 atom stereocenters. The molecule has 0 aromatic heterocycles. The third kappa shape index (κ3) is 3.85. The van der Waals surface area contributed by atoms with Crippen LogP contribution in [0.15, 0.2) is 36.4 Å². The molecule has 0 saturated heterocycles. The first-order valence-electron chi connectivity index (χ1n) is 7.14. The second kappa shape index (κ2) is 6.44. The Hall–Kier alpha value is -2.29. The first-order chi connectivity index (χ1) is 9.97. The molecule has 3 nitrogen and oxygen atoms in total. The molecule has 0 aliphatic rings. The minimum atomic E-state index is -0.0374. The molecule has 2 aromatic rings. The number of anilines is 2. The summed E-state index contributed by atoms with van der Waals surface area (Å²) < 4.78 is 0. The molecule has 0 saturated carbocycles. The van der Waals surface area contributed by atoms with Gasteiger partial charge in [0.25, 0.3) is 0 Å². The Bertz CT molecular complexity index is 642. The van der Waals surface area contributed by atoms with Gasteiger partial charge in [0.2, 0.25) is 5.91 Å². The highest BCUT2D eigenvalue weighted by Crippen LogP contribution is 2.19. The largest absolute Gasteiger partial charge is 0.376 e. The molecule has 2 aromatic carbocycles. The van der Waals surface area contributed by atoms with Gasteiger partial charge in [-0.05, 0) is 50.5 Å². The van der Waals surface area contributed by atoms with E-state index in [4.69, 9.17) is 0 Å². The minimum Gasteiger partial charge on any atom is -0.376 e. The number of hydrogen-bond acceptors (Lipinski definition) is 2. The molecule has 0 aliphatic carbocycles. The monoisotopic (exact) mass is 282 g/mol. The summed E-state index contributed by atoms with van der Waals surface area (Å²) in [5.74, 6) is -0.0374. The summed E-state index contributed by atoms with van der Waals surface area (Å²) in [6.07, 6.45) is 0. The van der Waals surface area contributed by atoms with Gasteiger partial charge in [-0.15, -0.1) is 0 Å². The molecular formula is C18H22N2O. The Labute approximate surface area is 126 Å². The topological polar surface area (TPSA) is 41.1 Å². The number of amides is 1. The predicted octanol–water partition coefficient (Wildman–Crippen LogP) is 3.97. The van der Waals surface area contributed by atoms with E-state index >= 15 is 0 Å². The van der Waals surface area contributed by atoms with Gasteiger partial charge < -0.3 is 10.6 Å². The van der Waals surface area contributed by atoms with Crippen LogP contribution in [0.5, 0.6) is 0 Å². The fraction of sp³-hybridized carbons (Fsp3) is 0.278. The summed E-state index contributed by atoms with van der Waals surface area (Å²) in [7, 11) is 0. The number of nitrogens with one attached hydrogen (secondary N) is 2. The van der Waals surface area contributed by atoms with Crippen LogP contribution in [-0.2, 0) is 4.79 Å². The first kappa shape index (κ1) is 15.1. The van der Waals surface area contributed by atoms with Crippen LogP contribution in [0.2, 0.25) is 0 Å². The molecule has 0 radical (unpaired) electrons. The number of hydrogen-bond donors (Lipinski definition) is 2. The maximum atomic E-state index is 12.1. The summed E-state index contributed by atoms with van der Waals surface area (Å²) in [5, 5.41) is 6.17. The normalized spacial score (nSPS) is 10.3. The van der Waals surface area contributed by atoms with Crippen molar-refractivity contribution in [3.8, 4) is 0 Å². The SMILES string of the molecule is Cc1ccc(NC(=O)CNc2c(C)cccc2C)c(C)c1. The molecular weight excluding hydrogens is 260 g/mol. The van der Waals surface area contributed by atoms with Gasteiger partial charge in [0, 0.05) is 11.4 Å². The lowest BCUT2D eigenvalue weighted by atomic mass is 10.1. The van der Waals surface area contributed by atoms with Crippen LogP contribution in [0.4, 0.5) is 11.4 Å². The number of aryl methyl sites for hydroxylation is 4. The van der Waals surface area contributed by atoms with Gasteiger partial charge in [-0.2, -0.15) is 0 Å². The minimum absolute atomic E-state index is 0.0374. The van der Waals surface area contributed by atoms with E-state index in [1.807, 2.05) is 58.0 Å². The Balaban J connectivity index is 1.99. The molecule has 0 aliphatic heterocycles. The summed E-state index contributed by atoms with van der Waals surface area (Å²) in [6, 6.07) is 12.1. The number of rotatable bonds is 4. The van der Waals surface area contributed by atoms with Crippen molar-refractivity contribution in [1.29, 1.82) is 0 Å². The van der Waals surface area contributed by atoms with E-state index in [0.29, 0.717) is 0 Å². The maximum Gasteiger partial charge on any atom is 0.243 e. The van der Waals surface area contributed by atoms with Crippen LogP contribution in [0.1, 0.15) is 22.3 Å². The highest BCUT2D eigenvalue weighted by atomic mass is 16.1. The molecule has 110 valence electrons. The third-order valence-electron chi connectivity index (χ3n) is 3.56. The van der Waals surface area contributed by atoms with Gasteiger partial charge in [0.1, 0.15) is 0 Å². The summed E-state index contributed by atoms with van der Waals surface area (Å²) >= 11 is 0. The average molecular weight is 282 g/mol. The van der Waals surface area contributed by atoms with E-state index in [9.17, 15) is 4.79 Å². The second-order valence-electron chi connectivity index (χ2n) is 5.49. The smallest absolute Gasteiger partial charge is 0.243 e. The Morgan fingerprint density at radius 3 is 2.24 bits per heavy atom. The van der Waals surface area contributed by atoms with Gasteiger partial charge in [0.05, 0.1) is 6.54 Å². The Kier molecular flexibility index (Phi) is 4.63. The lowest BCUT2D eigenvalue weighted by Crippen LogP contribution is -2.22. The third-order valence-corrected chi connectivity index (χ3v) is 3.56. The van der Waals surface area contributed by atoms with Crippen LogP contribution in [0.25, 0.3) is 0 Å². The quantitative estimate of drug-likeness (QED) is 0.891. The van der Waals surface area contributed by atoms with E-state index < -0.39 is 0 Å².